The van der Waals surface area contributed by atoms with Crippen molar-refractivity contribution in [2.75, 3.05) is 6.54 Å². The maximum absolute atomic E-state index is 9.24. The number of nitrogens with two attached hydrogens (primary N) is 1. The molecule has 0 aromatic heterocycles. The molecule has 3 N–H and O–H groups in total. The highest BCUT2D eigenvalue weighted by Crippen LogP contribution is 1.43. The van der Waals surface area contributed by atoms with Gasteiger partial charge in [0.2, 0.25) is 0 Å². The van der Waals surface area contributed by atoms with Gasteiger partial charge in [0.1, 0.15) is 0 Å². The van der Waals surface area contributed by atoms with Crippen LogP contribution in [0.4, 0.5) is 0 Å². The molecule has 0 rings (SSSR count). The average molecular weight is 109 g/mol. The van der Waals surface area contributed by atoms with Gasteiger partial charge < -0.3 is 10.8 Å². The lowest BCUT2D eigenvalue weighted by Crippen LogP contribution is -2.10. The minimum atomic E-state index is -0.968. The van der Waals surface area contributed by atoms with Gasteiger partial charge >= 0.3 is 5.97 Å². The van der Waals surface area contributed by atoms with Crippen LogP contribution in [0.1, 0.15) is 0 Å². The zero-order chi connectivity index (χ0) is 4.28. The zero-order valence-corrected chi connectivity index (χ0v) is 4.76. The van der Waals surface area contributed by atoms with Gasteiger partial charge in [-0.25, -0.2) is 0 Å². The van der Waals surface area contributed by atoms with Crippen LogP contribution in [0.5, 0.6) is 0 Å². The molecule has 0 heterocycles. The summed E-state index contributed by atoms with van der Waals surface area (Å²) in [6.45, 7) is -0.278. The third kappa shape index (κ3) is 9.13. The summed E-state index contributed by atoms with van der Waals surface area (Å²) in [7, 11) is 0. The first-order valence-electron chi connectivity index (χ1n) is 1.19. The van der Waals surface area contributed by atoms with Crippen LogP contribution in [-0.4, -0.2) is 17.6 Å². The minimum absolute atomic E-state index is 0. The van der Waals surface area contributed by atoms with Gasteiger partial charge in [0, 0.05) is 0 Å². The van der Waals surface area contributed by atoms with E-state index < -0.39 is 5.97 Å². The van der Waals surface area contributed by atoms with E-state index in [0.29, 0.717) is 0 Å². The zero-order valence-electron chi connectivity index (χ0n) is 3.35. The highest BCUT2D eigenvalue weighted by atomic mass is 31.0. The van der Waals surface area contributed by atoms with E-state index in [1.165, 1.54) is 0 Å². The van der Waals surface area contributed by atoms with E-state index in [2.05, 4.69) is 5.73 Å². The molecular weight excluding hydrogens is 101 g/mol. The van der Waals surface area contributed by atoms with E-state index in [1.807, 2.05) is 0 Å². The molecular formula is C2H8NO2P. The molecule has 0 bridgehead atoms. The normalized spacial score (nSPS) is 6.17. The Hall–Kier alpha value is -0.140. The molecule has 6 heavy (non-hydrogen) atoms. The van der Waals surface area contributed by atoms with Crippen molar-refractivity contribution in [2.24, 2.45) is 5.73 Å². The lowest BCUT2D eigenvalue weighted by molar-refractivity contribution is -0.135. The average Bonchev–Trinajstić information content (AvgIpc) is 1.38. The van der Waals surface area contributed by atoms with Gasteiger partial charge in [0.25, 0.3) is 0 Å². The Morgan fingerprint density at radius 3 is 2.00 bits per heavy atom. The Morgan fingerprint density at radius 2 is 2.00 bits per heavy atom. The Morgan fingerprint density at radius 1 is 1.83 bits per heavy atom. The topological polar surface area (TPSA) is 63.3 Å². The van der Waals surface area contributed by atoms with Crippen LogP contribution in [-0.2, 0) is 4.79 Å². The van der Waals surface area contributed by atoms with E-state index in [4.69, 9.17) is 5.11 Å². The number of carbonyl (C=O) groups is 1. The third-order valence-electron chi connectivity index (χ3n) is 0.175. The van der Waals surface area contributed by atoms with Crippen LogP contribution in [0.15, 0.2) is 0 Å². The smallest absolute Gasteiger partial charge is 0.317 e. The molecule has 4 heteroatoms. The van der Waals surface area contributed by atoms with Crippen LogP contribution in [0.2, 0.25) is 0 Å². The summed E-state index contributed by atoms with van der Waals surface area (Å²) in [4.78, 5) is 9.24. The number of carboxylic acids is 1. The maximum atomic E-state index is 9.24. The fourth-order valence-electron chi connectivity index (χ4n) is 0. The second-order valence-corrected chi connectivity index (χ2v) is 0.598. The van der Waals surface area contributed by atoms with Crippen molar-refractivity contribution in [3.63, 3.8) is 0 Å². The highest BCUT2D eigenvalue weighted by molar-refractivity contribution is 6.92. The predicted octanol–water partition coefficient (Wildman–Crippen LogP) is -0.912. The van der Waals surface area contributed by atoms with Crippen LogP contribution >= 0.6 is 9.90 Å². The Labute approximate surface area is 39.2 Å². The predicted molar refractivity (Wildman–Crippen MR) is 27.8 cm³/mol. The first-order valence-corrected chi connectivity index (χ1v) is 1.19. The largest absolute Gasteiger partial charge is 0.480 e. The molecule has 0 aliphatic rings. The summed E-state index contributed by atoms with van der Waals surface area (Å²) in [5.74, 6) is -0.968. The van der Waals surface area contributed by atoms with Crippen LogP contribution in [0.25, 0.3) is 0 Å². The number of aliphatic carboxylic acids is 1. The molecule has 0 aromatic rings. The molecule has 0 spiro atoms. The lowest BCUT2D eigenvalue weighted by atomic mass is 10.7. The quantitative estimate of drug-likeness (QED) is 0.428. The summed E-state index contributed by atoms with van der Waals surface area (Å²) in [6.07, 6.45) is 0. The monoisotopic (exact) mass is 109 g/mol. The van der Waals surface area contributed by atoms with Gasteiger partial charge in [-0.3, -0.25) is 4.79 Å². The molecule has 0 amide bonds. The number of hydrogen-bond acceptors (Lipinski definition) is 2. The van der Waals surface area contributed by atoms with Gasteiger partial charge in [-0.05, 0) is 0 Å². The van der Waals surface area contributed by atoms with Crippen molar-refractivity contribution in [2.45, 2.75) is 0 Å². The number of carboxylic acid groups (broad SMARTS) is 1. The van der Waals surface area contributed by atoms with Gasteiger partial charge in [0.05, 0.1) is 6.54 Å². The summed E-state index contributed by atoms with van der Waals surface area (Å²) in [5, 5.41) is 7.60. The SMILES string of the molecule is NCC(=O)O.P. The maximum Gasteiger partial charge on any atom is 0.317 e. The summed E-state index contributed by atoms with van der Waals surface area (Å²) in [5.41, 5.74) is 4.57. The van der Waals surface area contributed by atoms with Crippen LogP contribution in [0.3, 0.4) is 0 Å². The molecule has 0 radical (unpaired) electrons. The molecule has 0 saturated heterocycles. The second kappa shape index (κ2) is 4.86. The number of hydrogen-bond donors (Lipinski definition) is 2. The molecule has 38 valence electrons. The van der Waals surface area contributed by atoms with Crippen molar-refractivity contribution in [1.29, 1.82) is 0 Å². The fraction of sp³-hybridized carbons (Fsp3) is 0.500. The molecule has 0 saturated carbocycles. The summed E-state index contributed by atoms with van der Waals surface area (Å²) in [6, 6.07) is 0. The molecule has 0 aliphatic carbocycles. The van der Waals surface area contributed by atoms with Gasteiger partial charge in [-0.2, -0.15) is 9.90 Å². The van der Waals surface area contributed by atoms with Crippen LogP contribution < -0.4 is 5.73 Å². The van der Waals surface area contributed by atoms with E-state index >= 15 is 0 Å². The lowest BCUT2D eigenvalue weighted by Gasteiger charge is -1.73. The molecule has 0 aromatic carbocycles. The van der Waals surface area contributed by atoms with Gasteiger partial charge in [-0.15, -0.1) is 0 Å². The van der Waals surface area contributed by atoms with E-state index in [1.54, 1.807) is 0 Å². The van der Waals surface area contributed by atoms with E-state index in [9.17, 15) is 4.79 Å². The Kier molecular flexibility index (Phi) is 7.52. The molecule has 0 aliphatic heterocycles. The van der Waals surface area contributed by atoms with Crippen molar-refractivity contribution >= 4 is 15.9 Å². The van der Waals surface area contributed by atoms with E-state index in [-0.39, 0.29) is 16.4 Å². The highest BCUT2D eigenvalue weighted by Gasteiger charge is 1.81. The Bertz CT molecular complexity index is 46.8. The fourth-order valence-corrected chi connectivity index (χ4v) is 0. The third-order valence-corrected chi connectivity index (χ3v) is 0.175. The first kappa shape index (κ1) is 9.29. The van der Waals surface area contributed by atoms with Crippen molar-refractivity contribution in [1.82, 2.24) is 0 Å². The standard InChI is InChI=1S/C2H5NO2.H3P/c3-1-2(4)5;/h1,3H2,(H,4,5);1H3. The van der Waals surface area contributed by atoms with Crippen molar-refractivity contribution in [3.05, 3.63) is 0 Å². The van der Waals surface area contributed by atoms with Gasteiger partial charge in [-0.1, -0.05) is 0 Å². The molecule has 0 fully saturated rings. The van der Waals surface area contributed by atoms with Crippen LogP contribution in [0, 0.1) is 0 Å². The first-order chi connectivity index (χ1) is 2.27. The molecule has 1 unspecified atom stereocenters. The molecule has 1 atom stereocenters. The van der Waals surface area contributed by atoms with E-state index in [0.717, 1.165) is 0 Å². The van der Waals surface area contributed by atoms with Crippen molar-refractivity contribution in [3.8, 4) is 0 Å². The number of rotatable bonds is 1. The second-order valence-electron chi connectivity index (χ2n) is 0.598. The summed E-state index contributed by atoms with van der Waals surface area (Å²) >= 11 is 0. The van der Waals surface area contributed by atoms with Gasteiger partial charge in [0.15, 0.2) is 0 Å². The molecule has 3 nitrogen and oxygen atoms in total. The van der Waals surface area contributed by atoms with Crippen molar-refractivity contribution < 1.29 is 9.90 Å². The summed E-state index contributed by atoms with van der Waals surface area (Å²) < 4.78 is 0. The Balaban J connectivity index is 0. The minimum Gasteiger partial charge on any atom is -0.480 e.